The van der Waals surface area contributed by atoms with Crippen LogP contribution in [0.2, 0.25) is 0 Å². The summed E-state index contributed by atoms with van der Waals surface area (Å²) in [6, 6.07) is 14.6. The molecule has 2 heterocycles. The minimum Gasteiger partial charge on any atom is -0.298 e. The molecule has 17 heavy (non-hydrogen) atoms. The molecule has 3 aromatic rings. The van der Waals surface area contributed by atoms with Gasteiger partial charge in [-0.15, -0.1) is 5.10 Å². The van der Waals surface area contributed by atoms with E-state index in [9.17, 15) is 0 Å². The molecule has 1 aliphatic heterocycles. The number of aromatic nitrogens is 1. The average Bonchev–Trinajstić information content (AvgIpc) is 2.56. The fourth-order valence-corrected chi connectivity index (χ4v) is 2.48. The Hall–Kier alpha value is -2.42. The summed E-state index contributed by atoms with van der Waals surface area (Å²) in [6.45, 7) is 0. The normalized spacial score (nSPS) is 13.4. The molecule has 80 valence electrons. The molecule has 0 atom stereocenters. The fraction of sp³-hybridized carbons (Fsp3) is 0. The highest BCUT2D eigenvalue weighted by atomic mass is 15.2. The van der Waals surface area contributed by atoms with Gasteiger partial charge in [-0.3, -0.25) is 4.57 Å². The van der Waals surface area contributed by atoms with E-state index in [-0.39, 0.29) is 0 Å². The molecule has 0 N–H and O–H groups in total. The molecule has 0 saturated heterocycles. The lowest BCUT2D eigenvalue weighted by atomic mass is 10.1. The second kappa shape index (κ2) is 3.04. The SMILES string of the molecule is C1=NN=Cn2c3ccccc3c3cccc1c32. The fourth-order valence-electron chi connectivity index (χ4n) is 2.48. The number of fused-ring (bicyclic) bond motifs is 3. The maximum absolute atomic E-state index is 4.04. The van der Waals surface area contributed by atoms with Gasteiger partial charge in [0, 0.05) is 16.3 Å². The maximum atomic E-state index is 4.04. The molecule has 4 rings (SSSR count). The third-order valence-corrected chi connectivity index (χ3v) is 3.19. The summed E-state index contributed by atoms with van der Waals surface area (Å²) in [5.41, 5.74) is 3.46. The Labute approximate surface area is 97.7 Å². The molecule has 0 radical (unpaired) electrons. The van der Waals surface area contributed by atoms with E-state index in [1.807, 2.05) is 6.07 Å². The van der Waals surface area contributed by atoms with Gasteiger partial charge in [0.05, 0.1) is 17.2 Å². The monoisotopic (exact) mass is 219 g/mol. The van der Waals surface area contributed by atoms with Crippen molar-refractivity contribution in [3.63, 3.8) is 0 Å². The van der Waals surface area contributed by atoms with Crippen LogP contribution in [0.15, 0.2) is 52.7 Å². The molecule has 1 aliphatic rings. The third kappa shape index (κ3) is 1.05. The van der Waals surface area contributed by atoms with Crippen LogP contribution in [0.25, 0.3) is 21.8 Å². The van der Waals surface area contributed by atoms with E-state index in [4.69, 9.17) is 0 Å². The maximum Gasteiger partial charge on any atom is 0.123 e. The Bertz CT molecular complexity index is 794. The van der Waals surface area contributed by atoms with Gasteiger partial charge in [0.15, 0.2) is 0 Å². The average molecular weight is 219 g/mol. The summed E-state index contributed by atoms with van der Waals surface area (Å²) < 4.78 is 2.10. The summed E-state index contributed by atoms with van der Waals surface area (Å²) >= 11 is 0. The van der Waals surface area contributed by atoms with E-state index in [1.165, 1.54) is 21.8 Å². The number of hydrogen-bond acceptors (Lipinski definition) is 2. The molecule has 0 saturated carbocycles. The number of nitrogens with zero attached hydrogens (tertiary/aromatic N) is 3. The molecule has 0 spiro atoms. The second-order valence-corrected chi connectivity index (χ2v) is 4.11. The molecule has 1 aromatic heterocycles. The first-order valence-electron chi connectivity index (χ1n) is 5.53. The van der Waals surface area contributed by atoms with E-state index in [1.54, 1.807) is 12.6 Å². The first-order chi connectivity index (χ1) is 8.45. The lowest BCUT2D eigenvalue weighted by Gasteiger charge is -1.99. The molecule has 3 heteroatoms. The Balaban J connectivity index is 2.39. The quantitative estimate of drug-likeness (QED) is 0.556. The molecule has 0 unspecified atom stereocenters. The van der Waals surface area contributed by atoms with Gasteiger partial charge in [-0.2, -0.15) is 5.10 Å². The summed E-state index contributed by atoms with van der Waals surface area (Å²) in [5, 5.41) is 10.6. The van der Waals surface area contributed by atoms with Crippen molar-refractivity contribution in [2.24, 2.45) is 10.2 Å². The number of hydrogen-bond donors (Lipinski definition) is 0. The van der Waals surface area contributed by atoms with Gasteiger partial charge in [0.2, 0.25) is 0 Å². The second-order valence-electron chi connectivity index (χ2n) is 4.11. The predicted molar refractivity (Wildman–Crippen MR) is 70.9 cm³/mol. The van der Waals surface area contributed by atoms with Crippen LogP contribution in [-0.4, -0.2) is 17.1 Å². The van der Waals surface area contributed by atoms with Crippen LogP contribution in [0, 0.1) is 0 Å². The summed E-state index contributed by atoms with van der Waals surface area (Å²) in [4.78, 5) is 0. The van der Waals surface area contributed by atoms with E-state index >= 15 is 0 Å². The van der Waals surface area contributed by atoms with E-state index in [2.05, 4.69) is 51.2 Å². The Kier molecular flexibility index (Phi) is 1.56. The first-order valence-corrected chi connectivity index (χ1v) is 5.53. The van der Waals surface area contributed by atoms with Crippen LogP contribution in [0.1, 0.15) is 5.56 Å². The molecular formula is C14H9N3. The smallest absolute Gasteiger partial charge is 0.123 e. The van der Waals surface area contributed by atoms with Crippen LogP contribution < -0.4 is 0 Å². The molecule has 3 nitrogen and oxygen atoms in total. The molecule has 0 bridgehead atoms. The van der Waals surface area contributed by atoms with Crippen molar-refractivity contribution in [1.82, 2.24) is 4.57 Å². The first kappa shape index (κ1) is 8.70. The minimum absolute atomic E-state index is 1.11. The highest BCUT2D eigenvalue weighted by molar-refractivity contribution is 6.16. The van der Waals surface area contributed by atoms with Crippen LogP contribution >= 0.6 is 0 Å². The van der Waals surface area contributed by atoms with Gasteiger partial charge in [-0.1, -0.05) is 36.4 Å². The standard InChI is InChI=1S/C14H9N3/c1-2-7-13-11(5-1)12-6-3-4-10-8-15-16-9-17(13)14(10)12/h1-9H. The Morgan fingerprint density at radius 3 is 2.71 bits per heavy atom. The van der Waals surface area contributed by atoms with Crippen molar-refractivity contribution in [2.75, 3.05) is 0 Å². The summed E-state index contributed by atoms with van der Waals surface area (Å²) in [6.07, 6.45) is 3.58. The van der Waals surface area contributed by atoms with Crippen LogP contribution in [0.5, 0.6) is 0 Å². The molecular weight excluding hydrogens is 210 g/mol. The van der Waals surface area contributed by atoms with Gasteiger partial charge in [0.25, 0.3) is 0 Å². The lowest BCUT2D eigenvalue weighted by Crippen LogP contribution is -1.94. The van der Waals surface area contributed by atoms with Crippen molar-refractivity contribution in [3.8, 4) is 0 Å². The predicted octanol–water partition coefficient (Wildman–Crippen LogP) is 3.02. The zero-order chi connectivity index (χ0) is 11.2. The van der Waals surface area contributed by atoms with Gasteiger partial charge in [-0.05, 0) is 6.07 Å². The van der Waals surface area contributed by atoms with Crippen LogP contribution in [0.4, 0.5) is 0 Å². The van der Waals surface area contributed by atoms with Crippen LogP contribution in [-0.2, 0) is 0 Å². The third-order valence-electron chi connectivity index (χ3n) is 3.19. The topological polar surface area (TPSA) is 29.6 Å². The van der Waals surface area contributed by atoms with Gasteiger partial charge in [0.1, 0.15) is 6.34 Å². The minimum atomic E-state index is 1.11. The highest BCUT2D eigenvalue weighted by Gasteiger charge is 2.12. The number of benzene rings is 2. The van der Waals surface area contributed by atoms with E-state index in [0.29, 0.717) is 0 Å². The van der Waals surface area contributed by atoms with Crippen molar-refractivity contribution in [2.45, 2.75) is 0 Å². The van der Waals surface area contributed by atoms with E-state index in [0.717, 1.165) is 5.56 Å². The summed E-state index contributed by atoms with van der Waals surface area (Å²) in [5.74, 6) is 0. The largest absolute Gasteiger partial charge is 0.298 e. The molecule has 0 aliphatic carbocycles. The van der Waals surface area contributed by atoms with Crippen LogP contribution in [0.3, 0.4) is 0 Å². The molecule has 2 aromatic carbocycles. The van der Waals surface area contributed by atoms with Gasteiger partial charge >= 0.3 is 0 Å². The Morgan fingerprint density at radius 2 is 1.71 bits per heavy atom. The van der Waals surface area contributed by atoms with E-state index < -0.39 is 0 Å². The summed E-state index contributed by atoms with van der Waals surface area (Å²) in [7, 11) is 0. The zero-order valence-corrected chi connectivity index (χ0v) is 9.04. The number of rotatable bonds is 0. The van der Waals surface area contributed by atoms with Crippen molar-refractivity contribution in [3.05, 3.63) is 48.0 Å². The lowest BCUT2D eigenvalue weighted by molar-refractivity contribution is 1.22. The highest BCUT2D eigenvalue weighted by Crippen LogP contribution is 2.30. The van der Waals surface area contributed by atoms with Crippen molar-refractivity contribution in [1.29, 1.82) is 0 Å². The zero-order valence-electron chi connectivity index (χ0n) is 9.04. The van der Waals surface area contributed by atoms with Crippen molar-refractivity contribution >= 4 is 34.4 Å². The van der Waals surface area contributed by atoms with Gasteiger partial charge < -0.3 is 0 Å². The number of para-hydroxylation sites is 2. The van der Waals surface area contributed by atoms with Crippen molar-refractivity contribution < 1.29 is 0 Å². The molecule has 0 amide bonds. The van der Waals surface area contributed by atoms with Gasteiger partial charge in [-0.25, -0.2) is 0 Å². The Morgan fingerprint density at radius 1 is 0.824 bits per heavy atom. The molecule has 0 fully saturated rings.